The van der Waals surface area contributed by atoms with Gasteiger partial charge < -0.3 is 18.9 Å². The minimum atomic E-state index is -0.489. The second kappa shape index (κ2) is 7.36. The first kappa shape index (κ1) is 21.2. The van der Waals surface area contributed by atoms with Crippen LogP contribution in [0.25, 0.3) is 0 Å². The zero-order valence-electron chi connectivity index (χ0n) is 18.2. The number of hydrogen-bond acceptors (Lipinski definition) is 5. The van der Waals surface area contributed by atoms with Crippen LogP contribution in [-0.2, 0) is 14.1 Å². The van der Waals surface area contributed by atoms with E-state index in [4.69, 9.17) is 14.0 Å². The van der Waals surface area contributed by atoms with Crippen LogP contribution in [0.2, 0.25) is 0 Å². The molecule has 0 N–H and O–H groups in total. The van der Waals surface area contributed by atoms with Crippen molar-refractivity contribution < 1.29 is 18.8 Å². The summed E-state index contributed by atoms with van der Waals surface area (Å²) in [5.41, 5.74) is -0.201. The van der Waals surface area contributed by atoms with E-state index in [0.717, 1.165) is 24.3 Å². The number of piperazine rings is 1. The van der Waals surface area contributed by atoms with Crippen molar-refractivity contribution in [2.45, 2.75) is 58.3 Å². The minimum Gasteiger partial charge on any atom is -0.492 e. The largest absolute Gasteiger partial charge is 0.494 e. The van der Waals surface area contributed by atoms with E-state index in [2.05, 4.69) is 32.6 Å². The fourth-order valence-corrected chi connectivity index (χ4v) is 3.62. The molecule has 1 aromatic rings. The van der Waals surface area contributed by atoms with E-state index in [-0.39, 0.29) is 24.2 Å². The monoisotopic (exact) mass is 388 g/mol. The summed E-state index contributed by atoms with van der Waals surface area (Å²) in [6, 6.07) is 7.86. The van der Waals surface area contributed by atoms with Gasteiger partial charge in [-0.05, 0) is 59.1 Å². The van der Waals surface area contributed by atoms with Gasteiger partial charge in [0.1, 0.15) is 12.4 Å². The van der Waals surface area contributed by atoms with E-state index in [9.17, 15) is 4.79 Å². The normalized spacial score (nSPS) is 23.9. The highest BCUT2D eigenvalue weighted by molar-refractivity contribution is 6.62. The highest BCUT2D eigenvalue weighted by Gasteiger charge is 2.51. The predicted octanol–water partition coefficient (Wildman–Crippen LogP) is 1.92. The third-order valence-electron chi connectivity index (χ3n) is 6.40. The van der Waals surface area contributed by atoms with Gasteiger partial charge in [-0.2, -0.15) is 0 Å². The predicted molar refractivity (Wildman–Crippen MR) is 111 cm³/mol. The molecule has 0 spiro atoms. The Morgan fingerprint density at radius 1 is 1.00 bits per heavy atom. The van der Waals surface area contributed by atoms with Gasteiger partial charge in [0.25, 0.3) is 0 Å². The van der Waals surface area contributed by atoms with Gasteiger partial charge in [-0.15, -0.1) is 0 Å². The molecule has 2 aliphatic rings. The Kier molecular flexibility index (Phi) is 5.56. The molecule has 0 bridgehead atoms. The van der Waals surface area contributed by atoms with E-state index in [1.54, 1.807) is 4.90 Å². The molecule has 0 aliphatic carbocycles. The van der Waals surface area contributed by atoms with E-state index in [1.165, 1.54) is 0 Å². The van der Waals surface area contributed by atoms with Gasteiger partial charge in [0.05, 0.1) is 16.7 Å². The molecule has 1 amide bonds. The highest BCUT2D eigenvalue weighted by Crippen LogP contribution is 2.36. The number of hydrogen-bond donors (Lipinski definition) is 0. The van der Waals surface area contributed by atoms with Crippen LogP contribution in [0.15, 0.2) is 24.3 Å². The number of amides is 1. The van der Waals surface area contributed by atoms with Crippen molar-refractivity contribution in [3.63, 3.8) is 0 Å². The first-order valence-corrected chi connectivity index (χ1v) is 10.0. The molecular weight excluding hydrogens is 355 g/mol. The SMILES string of the molecule is CN1CCN(CCOc2ccc(B3OC(C)(C)C(C)(C)O3)cc2)C(C)(C)C1=O. The fraction of sp³-hybridized carbons (Fsp3) is 0.667. The number of benzene rings is 1. The summed E-state index contributed by atoms with van der Waals surface area (Å²) in [7, 11) is 1.50. The number of carbonyl (C=O) groups is 1. The lowest BCUT2D eigenvalue weighted by molar-refractivity contribution is -0.147. The Balaban J connectivity index is 1.54. The number of rotatable bonds is 5. The Morgan fingerprint density at radius 2 is 1.57 bits per heavy atom. The lowest BCUT2D eigenvalue weighted by Gasteiger charge is -2.44. The maximum Gasteiger partial charge on any atom is 0.494 e. The molecule has 0 aromatic heterocycles. The van der Waals surface area contributed by atoms with Gasteiger partial charge in [-0.1, -0.05) is 12.1 Å². The fourth-order valence-electron chi connectivity index (χ4n) is 3.62. The highest BCUT2D eigenvalue weighted by atomic mass is 16.7. The number of ether oxygens (including phenoxy) is 1. The molecule has 7 heteroatoms. The molecule has 0 radical (unpaired) electrons. The molecule has 6 nitrogen and oxygen atoms in total. The summed E-state index contributed by atoms with van der Waals surface area (Å²) in [5, 5.41) is 0. The van der Waals surface area contributed by atoms with Gasteiger partial charge in [-0.3, -0.25) is 9.69 Å². The molecule has 2 aliphatic heterocycles. The van der Waals surface area contributed by atoms with Crippen molar-refractivity contribution in [3.8, 4) is 5.75 Å². The first-order valence-electron chi connectivity index (χ1n) is 10.0. The maximum atomic E-state index is 12.4. The molecule has 2 saturated heterocycles. The standard InChI is InChI=1S/C21H33BN2O4/c1-19(2)18(25)23(7)12-13-24(19)14-15-26-17-10-8-16(9-11-17)22-27-20(3,4)21(5,6)28-22/h8-11H,12-15H2,1-7H3. The molecular formula is C21H33BN2O4. The van der Waals surface area contributed by atoms with Crippen molar-refractivity contribution in [1.82, 2.24) is 9.80 Å². The van der Waals surface area contributed by atoms with Crippen molar-refractivity contribution >= 4 is 18.5 Å². The molecule has 1 aromatic carbocycles. The summed E-state index contributed by atoms with van der Waals surface area (Å²) in [6.07, 6.45) is 0. The Bertz CT molecular complexity index is 702. The van der Waals surface area contributed by atoms with Gasteiger partial charge in [-0.25, -0.2) is 0 Å². The molecule has 0 atom stereocenters. The van der Waals surface area contributed by atoms with E-state index in [1.807, 2.05) is 45.2 Å². The summed E-state index contributed by atoms with van der Waals surface area (Å²) >= 11 is 0. The van der Waals surface area contributed by atoms with Gasteiger partial charge >= 0.3 is 7.12 Å². The number of nitrogens with zero attached hydrogens (tertiary/aromatic N) is 2. The van der Waals surface area contributed by atoms with Crippen LogP contribution in [0.3, 0.4) is 0 Å². The third-order valence-corrected chi connectivity index (χ3v) is 6.40. The van der Waals surface area contributed by atoms with Crippen LogP contribution in [0, 0.1) is 0 Å². The van der Waals surface area contributed by atoms with Crippen molar-refractivity contribution in [2.75, 3.05) is 33.3 Å². The van der Waals surface area contributed by atoms with Crippen LogP contribution >= 0.6 is 0 Å². The average Bonchev–Trinajstić information content (AvgIpc) is 2.83. The summed E-state index contributed by atoms with van der Waals surface area (Å²) in [5.74, 6) is 0.962. The summed E-state index contributed by atoms with van der Waals surface area (Å²) < 4.78 is 18.1. The smallest absolute Gasteiger partial charge is 0.492 e. The number of likely N-dealkylation sites (N-methyl/N-ethyl adjacent to an activating group) is 1. The topological polar surface area (TPSA) is 51.2 Å². The molecule has 28 heavy (non-hydrogen) atoms. The molecule has 2 fully saturated rings. The van der Waals surface area contributed by atoms with Crippen molar-refractivity contribution in [1.29, 1.82) is 0 Å². The second-order valence-electron chi connectivity index (χ2n) is 9.28. The minimum absolute atomic E-state index is 0.158. The van der Waals surface area contributed by atoms with Crippen molar-refractivity contribution in [3.05, 3.63) is 24.3 Å². The lowest BCUT2D eigenvalue weighted by atomic mass is 9.79. The molecule has 3 rings (SSSR count). The zero-order chi connectivity index (χ0) is 20.7. The molecule has 0 unspecified atom stereocenters. The summed E-state index contributed by atoms with van der Waals surface area (Å²) in [6.45, 7) is 15.0. The lowest BCUT2D eigenvalue weighted by Crippen LogP contribution is -2.62. The Labute approximate surface area is 169 Å². The summed E-state index contributed by atoms with van der Waals surface area (Å²) in [4.78, 5) is 16.4. The van der Waals surface area contributed by atoms with E-state index < -0.39 is 5.54 Å². The second-order valence-corrected chi connectivity index (χ2v) is 9.28. The van der Waals surface area contributed by atoms with Gasteiger partial charge in [0.2, 0.25) is 5.91 Å². The first-order chi connectivity index (χ1) is 12.9. The van der Waals surface area contributed by atoms with Crippen LogP contribution < -0.4 is 10.2 Å². The van der Waals surface area contributed by atoms with E-state index >= 15 is 0 Å². The molecule has 0 saturated carbocycles. The van der Waals surface area contributed by atoms with Crippen LogP contribution in [-0.4, -0.2) is 72.9 Å². The Morgan fingerprint density at radius 3 is 2.14 bits per heavy atom. The van der Waals surface area contributed by atoms with Crippen molar-refractivity contribution in [2.24, 2.45) is 0 Å². The van der Waals surface area contributed by atoms with Crippen LogP contribution in [0.4, 0.5) is 0 Å². The average molecular weight is 388 g/mol. The van der Waals surface area contributed by atoms with Crippen LogP contribution in [0.1, 0.15) is 41.5 Å². The van der Waals surface area contributed by atoms with E-state index in [0.29, 0.717) is 13.2 Å². The maximum absolute atomic E-state index is 12.4. The quantitative estimate of drug-likeness (QED) is 0.722. The Hall–Kier alpha value is -1.57. The van der Waals surface area contributed by atoms with Gasteiger partial charge in [0.15, 0.2) is 0 Å². The molecule has 154 valence electrons. The van der Waals surface area contributed by atoms with Crippen LogP contribution in [0.5, 0.6) is 5.75 Å². The third kappa shape index (κ3) is 3.93. The molecule has 2 heterocycles. The van der Waals surface area contributed by atoms with Gasteiger partial charge in [0, 0.05) is 26.7 Å². The number of carbonyl (C=O) groups excluding carboxylic acids is 1. The zero-order valence-corrected chi connectivity index (χ0v) is 18.2.